The average molecular weight is 320 g/mol. The Balaban J connectivity index is 2.01. The van der Waals surface area contributed by atoms with Crippen LogP contribution < -0.4 is 0 Å². The van der Waals surface area contributed by atoms with Crippen LogP contribution in [0.1, 0.15) is 18.4 Å². The Bertz CT molecular complexity index is 535. The Kier molecular flexibility index (Phi) is 6.12. The Hall–Kier alpha value is -1.92. The number of carboxylic acids is 1. The summed E-state index contributed by atoms with van der Waals surface area (Å²) < 4.78 is 4.84. The number of hydrogen-bond acceptors (Lipinski definition) is 4. The lowest BCUT2D eigenvalue weighted by molar-refractivity contribution is -0.155. The van der Waals surface area contributed by atoms with E-state index in [0.29, 0.717) is 13.0 Å². The molecule has 1 saturated heterocycles. The molecular weight excluding hydrogens is 296 g/mol. The summed E-state index contributed by atoms with van der Waals surface area (Å²) in [5, 5.41) is 9.46. The van der Waals surface area contributed by atoms with Crippen molar-refractivity contribution in [1.29, 1.82) is 0 Å². The van der Waals surface area contributed by atoms with E-state index in [1.807, 2.05) is 25.2 Å². The molecule has 6 nitrogen and oxygen atoms in total. The number of benzene rings is 1. The summed E-state index contributed by atoms with van der Waals surface area (Å²) >= 11 is 0. The molecule has 0 aliphatic carbocycles. The number of nitrogens with zero attached hydrogens (tertiary/aromatic N) is 2. The molecule has 1 heterocycles. The Labute approximate surface area is 136 Å². The highest BCUT2D eigenvalue weighted by Gasteiger charge is 2.37. The van der Waals surface area contributed by atoms with Crippen LogP contribution in [0, 0.1) is 0 Å². The second kappa shape index (κ2) is 8.08. The molecule has 126 valence electrons. The van der Waals surface area contributed by atoms with Gasteiger partial charge in [0.05, 0.1) is 0 Å². The minimum atomic E-state index is -0.952. The Morgan fingerprint density at radius 1 is 1.35 bits per heavy atom. The molecule has 0 bridgehead atoms. The first-order chi connectivity index (χ1) is 11.0. The Morgan fingerprint density at radius 2 is 2.04 bits per heavy atom. The standard InChI is InChI=1S/C17H24N2O4/c1-18(11-13-6-4-3-5-7-13)14-8-9-19(16(20)12-23-2)15(10-14)17(21)22/h3-7,14-15H,8-12H2,1-2H3,(H,21,22)/t14-,15-/m1/s1. The van der Waals surface area contributed by atoms with Gasteiger partial charge in [-0.3, -0.25) is 9.69 Å². The van der Waals surface area contributed by atoms with Crippen LogP contribution in [0.25, 0.3) is 0 Å². The summed E-state index contributed by atoms with van der Waals surface area (Å²) in [5.74, 6) is -1.21. The molecule has 1 aliphatic heterocycles. The first-order valence-electron chi connectivity index (χ1n) is 7.78. The van der Waals surface area contributed by atoms with Crippen molar-refractivity contribution in [2.75, 3.05) is 27.3 Å². The summed E-state index contributed by atoms with van der Waals surface area (Å²) in [6.45, 7) is 1.14. The topological polar surface area (TPSA) is 70.1 Å². The van der Waals surface area contributed by atoms with Crippen LogP contribution in [0.15, 0.2) is 30.3 Å². The fourth-order valence-corrected chi connectivity index (χ4v) is 3.09. The molecule has 1 aromatic rings. The fraction of sp³-hybridized carbons (Fsp3) is 0.529. The molecule has 23 heavy (non-hydrogen) atoms. The lowest BCUT2D eigenvalue weighted by Gasteiger charge is -2.40. The highest BCUT2D eigenvalue weighted by atomic mass is 16.5. The third-order valence-electron chi connectivity index (χ3n) is 4.35. The zero-order valence-corrected chi connectivity index (χ0v) is 13.6. The highest BCUT2D eigenvalue weighted by Crippen LogP contribution is 2.23. The van der Waals surface area contributed by atoms with Gasteiger partial charge in [0.2, 0.25) is 5.91 Å². The van der Waals surface area contributed by atoms with Gasteiger partial charge in [0, 0.05) is 26.2 Å². The number of rotatable bonds is 6. The Morgan fingerprint density at radius 3 is 2.65 bits per heavy atom. The van der Waals surface area contributed by atoms with Crippen LogP contribution >= 0.6 is 0 Å². The number of carbonyl (C=O) groups excluding carboxylic acids is 1. The zero-order valence-electron chi connectivity index (χ0n) is 13.6. The molecule has 1 fully saturated rings. The number of methoxy groups -OCH3 is 1. The largest absolute Gasteiger partial charge is 0.480 e. The van der Waals surface area contributed by atoms with Crippen LogP contribution in [0.5, 0.6) is 0 Å². The van der Waals surface area contributed by atoms with Crippen molar-refractivity contribution in [2.24, 2.45) is 0 Å². The molecule has 6 heteroatoms. The van der Waals surface area contributed by atoms with Gasteiger partial charge < -0.3 is 14.7 Å². The number of ether oxygens (including phenoxy) is 1. The van der Waals surface area contributed by atoms with Gasteiger partial charge >= 0.3 is 5.97 Å². The molecule has 1 N–H and O–H groups in total. The SMILES string of the molecule is COCC(=O)N1CC[C@@H](N(C)Cc2ccccc2)C[C@@H]1C(=O)O. The maximum Gasteiger partial charge on any atom is 0.326 e. The van der Waals surface area contributed by atoms with Crippen molar-refractivity contribution >= 4 is 11.9 Å². The van der Waals surface area contributed by atoms with Gasteiger partial charge in [0.1, 0.15) is 12.6 Å². The predicted molar refractivity (Wildman–Crippen MR) is 85.9 cm³/mol. The van der Waals surface area contributed by atoms with Gasteiger partial charge in [-0.15, -0.1) is 0 Å². The molecular formula is C17H24N2O4. The molecule has 2 rings (SSSR count). The highest BCUT2D eigenvalue weighted by molar-refractivity contribution is 5.84. The van der Waals surface area contributed by atoms with Crippen molar-refractivity contribution in [2.45, 2.75) is 31.5 Å². The molecule has 1 aromatic carbocycles. The summed E-state index contributed by atoms with van der Waals surface area (Å²) in [5.41, 5.74) is 1.19. The second-order valence-corrected chi connectivity index (χ2v) is 5.95. The zero-order chi connectivity index (χ0) is 16.8. The van der Waals surface area contributed by atoms with E-state index in [1.165, 1.54) is 17.6 Å². The smallest absolute Gasteiger partial charge is 0.326 e. The summed E-state index contributed by atoms with van der Waals surface area (Å²) in [6, 6.07) is 9.44. The number of likely N-dealkylation sites (tertiary alicyclic amines) is 1. The van der Waals surface area contributed by atoms with E-state index < -0.39 is 12.0 Å². The van der Waals surface area contributed by atoms with E-state index in [9.17, 15) is 14.7 Å². The molecule has 0 saturated carbocycles. The number of aliphatic carboxylic acids is 1. The molecule has 0 spiro atoms. The molecule has 0 radical (unpaired) electrons. The predicted octanol–water partition coefficient (Wildman–Crippen LogP) is 1.21. The maximum atomic E-state index is 12.0. The van der Waals surface area contributed by atoms with Crippen molar-refractivity contribution in [3.63, 3.8) is 0 Å². The van der Waals surface area contributed by atoms with Crippen LogP contribution in [0.3, 0.4) is 0 Å². The number of carboxylic acid groups (broad SMARTS) is 1. The van der Waals surface area contributed by atoms with Crippen LogP contribution in [0.2, 0.25) is 0 Å². The van der Waals surface area contributed by atoms with Gasteiger partial charge in [-0.2, -0.15) is 0 Å². The van der Waals surface area contributed by atoms with Crippen LogP contribution in [-0.4, -0.2) is 66.2 Å². The first-order valence-corrected chi connectivity index (χ1v) is 7.78. The third kappa shape index (κ3) is 4.53. The summed E-state index contributed by atoms with van der Waals surface area (Å²) in [4.78, 5) is 27.2. The lowest BCUT2D eigenvalue weighted by atomic mass is 9.95. The number of piperidine rings is 1. The fourth-order valence-electron chi connectivity index (χ4n) is 3.09. The van der Waals surface area contributed by atoms with E-state index in [4.69, 9.17) is 4.74 Å². The van der Waals surface area contributed by atoms with Crippen molar-refractivity contribution in [3.05, 3.63) is 35.9 Å². The number of hydrogen-bond donors (Lipinski definition) is 1. The van der Waals surface area contributed by atoms with Gasteiger partial charge in [-0.05, 0) is 25.5 Å². The molecule has 0 aromatic heterocycles. The summed E-state index contributed by atoms with van der Waals surface area (Å²) in [7, 11) is 3.44. The van der Waals surface area contributed by atoms with E-state index >= 15 is 0 Å². The van der Waals surface area contributed by atoms with E-state index in [1.54, 1.807) is 0 Å². The van der Waals surface area contributed by atoms with Gasteiger partial charge in [0.15, 0.2) is 0 Å². The first kappa shape index (κ1) is 17.4. The summed E-state index contributed by atoms with van der Waals surface area (Å²) in [6.07, 6.45) is 1.21. The molecule has 1 aliphatic rings. The minimum Gasteiger partial charge on any atom is -0.480 e. The second-order valence-electron chi connectivity index (χ2n) is 5.95. The number of amides is 1. The van der Waals surface area contributed by atoms with E-state index in [0.717, 1.165) is 13.0 Å². The molecule has 1 amide bonds. The van der Waals surface area contributed by atoms with Crippen molar-refractivity contribution < 1.29 is 19.4 Å². The van der Waals surface area contributed by atoms with Crippen molar-refractivity contribution in [3.8, 4) is 0 Å². The minimum absolute atomic E-state index is 0.0751. The van der Waals surface area contributed by atoms with E-state index in [-0.39, 0.29) is 18.6 Å². The van der Waals surface area contributed by atoms with E-state index in [2.05, 4.69) is 17.0 Å². The monoisotopic (exact) mass is 320 g/mol. The molecule has 0 unspecified atom stereocenters. The quantitative estimate of drug-likeness (QED) is 0.853. The maximum absolute atomic E-state index is 12.0. The average Bonchev–Trinajstić information content (AvgIpc) is 2.55. The van der Waals surface area contributed by atoms with Gasteiger partial charge in [-0.1, -0.05) is 30.3 Å². The normalized spacial score (nSPS) is 21.4. The third-order valence-corrected chi connectivity index (χ3v) is 4.35. The molecule has 2 atom stereocenters. The number of carbonyl (C=O) groups is 2. The van der Waals surface area contributed by atoms with Crippen LogP contribution in [-0.2, 0) is 20.9 Å². The van der Waals surface area contributed by atoms with Crippen LogP contribution in [0.4, 0.5) is 0 Å². The van der Waals surface area contributed by atoms with Crippen molar-refractivity contribution in [1.82, 2.24) is 9.80 Å². The van der Waals surface area contributed by atoms with Gasteiger partial charge in [0.25, 0.3) is 0 Å². The van der Waals surface area contributed by atoms with Gasteiger partial charge in [-0.25, -0.2) is 4.79 Å². The lowest BCUT2D eigenvalue weighted by Crippen LogP contribution is -2.55.